The summed E-state index contributed by atoms with van der Waals surface area (Å²) in [5.41, 5.74) is 2.57. The van der Waals surface area contributed by atoms with Crippen LogP contribution in [-0.4, -0.2) is 28.2 Å². The van der Waals surface area contributed by atoms with Crippen molar-refractivity contribution in [1.82, 2.24) is 15.6 Å². The lowest BCUT2D eigenvalue weighted by Gasteiger charge is -2.15. The van der Waals surface area contributed by atoms with Crippen LogP contribution in [-0.2, 0) is 16.0 Å². The zero-order valence-electron chi connectivity index (χ0n) is 14.0. The van der Waals surface area contributed by atoms with Gasteiger partial charge in [0.2, 0.25) is 16.9 Å². The maximum absolute atomic E-state index is 11.9. The molecule has 0 aliphatic carbocycles. The zero-order valence-corrected chi connectivity index (χ0v) is 15.6. The third-order valence-corrected chi connectivity index (χ3v) is 4.16. The average molecular weight is 380 g/mol. The summed E-state index contributed by atoms with van der Waals surface area (Å²) in [5.74, 6) is -0.503. The van der Waals surface area contributed by atoms with E-state index in [4.69, 9.17) is 11.6 Å². The summed E-state index contributed by atoms with van der Waals surface area (Å²) < 4.78 is 0. The van der Waals surface area contributed by atoms with Crippen LogP contribution in [0.3, 0.4) is 0 Å². The fraction of sp³-hybridized carbons (Fsp3) is 0.312. The Morgan fingerprint density at radius 1 is 1.28 bits per heavy atom. The molecule has 132 valence electrons. The summed E-state index contributed by atoms with van der Waals surface area (Å²) >= 11 is 7.14. The number of nitrogens with zero attached hydrogens (tertiary/aromatic N) is 3. The maximum Gasteiger partial charge on any atom is 0.247 e. The molecule has 2 rings (SSSR count). The second-order valence-electron chi connectivity index (χ2n) is 6.20. The molecule has 9 heteroatoms. The van der Waals surface area contributed by atoms with Crippen molar-refractivity contribution in [3.05, 3.63) is 39.9 Å². The Morgan fingerprint density at radius 3 is 2.68 bits per heavy atom. The molecule has 0 spiro atoms. The Balaban J connectivity index is 1.87. The van der Waals surface area contributed by atoms with E-state index in [1.165, 1.54) is 6.21 Å². The molecule has 0 aliphatic heterocycles. The zero-order chi connectivity index (χ0) is 18.4. The number of carbonyl (C=O) groups is 2. The van der Waals surface area contributed by atoms with E-state index >= 15 is 0 Å². The molecule has 0 atom stereocenters. The predicted molar refractivity (Wildman–Crippen MR) is 98.9 cm³/mol. The van der Waals surface area contributed by atoms with Gasteiger partial charge in [0.15, 0.2) is 0 Å². The molecule has 0 radical (unpaired) electrons. The number of anilines is 1. The van der Waals surface area contributed by atoms with Crippen molar-refractivity contribution in [3.63, 3.8) is 0 Å². The molecule has 2 amide bonds. The van der Waals surface area contributed by atoms with Crippen molar-refractivity contribution in [2.75, 3.05) is 5.32 Å². The van der Waals surface area contributed by atoms with Crippen LogP contribution < -0.4 is 10.7 Å². The van der Waals surface area contributed by atoms with Crippen molar-refractivity contribution >= 4 is 46.1 Å². The first kappa shape index (κ1) is 19.0. The van der Waals surface area contributed by atoms with Crippen molar-refractivity contribution in [1.29, 1.82) is 0 Å². The van der Waals surface area contributed by atoms with E-state index in [0.717, 1.165) is 11.3 Å². The summed E-state index contributed by atoms with van der Waals surface area (Å²) in [6.45, 7) is 5.40. The van der Waals surface area contributed by atoms with Crippen LogP contribution in [0.1, 0.15) is 31.3 Å². The Hall–Kier alpha value is -2.32. The monoisotopic (exact) mass is 379 g/mol. The van der Waals surface area contributed by atoms with Gasteiger partial charge < -0.3 is 5.32 Å². The summed E-state index contributed by atoms with van der Waals surface area (Å²) in [6.07, 6.45) is 1.48. The van der Waals surface area contributed by atoms with Crippen LogP contribution in [0.25, 0.3) is 0 Å². The van der Waals surface area contributed by atoms with Gasteiger partial charge in [-0.25, -0.2) is 5.43 Å². The highest BCUT2D eigenvalue weighted by atomic mass is 35.5. The van der Waals surface area contributed by atoms with E-state index in [1.807, 2.05) is 12.1 Å². The number of hydrazone groups is 1. The van der Waals surface area contributed by atoms with Gasteiger partial charge in [0.25, 0.3) is 0 Å². The first-order valence-corrected chi connectivity index (χ1v) is 8.65. The smallest absolute Gasteiger partial charge is 0.247 e. The fourth-order valence-electron chi connectivity index (χ4n) is 1.59. The van der Waals surface area contributed by atoms with Crippen LogP contribution in [0.5, 0.6) is 0 Å². The number of aromatic nitrogens is 2. The van der Waals surface area contributed by atoms with E-state index in [2.05, 4.69) is 26.0 Å². The Morgan fingerprint density at radius 2 is 2.00 bits per heavy atom. The number of amides is 2. The minimum absolute atomic E-state index is 0.0168. The number of benzene rings is 1. The molecule has 2 aromatic rings. The lowest BCUT2D eigenvalue weighted by Crippen LogP contribution is -2.27. The average Bonchev–Trinajstić information content (AvgIpc) is 2.95. The van der Waals surface area contributed by atoms with Crippen LogP contribution in [0, 0.1) is 5.41 Å². The standard InChI is InChI=1S/C16H18ClN5O2S/c1-16(2,3)14(24)19-15-22-21-13(25-15)8-12(23)20-18-9-10-6-4-5-7-11(10)17/h4-7,9H,8H2,1-3H3,(H,20,23)(H,19,22,24). The largest absolute Gasteiger partial charge is 0.300 e. The number of nitrogens with one attached hydrogen (secondary N) is 2. The van der Waals surface area contributed by atoms with Crippen molar-refractivity contribution in [3.8, 4) is 0 Å². The molecule has 1 aromatic carbocycles. The quantitative estimate of drug-likeness (QED) is 0.616. The van der Waals surface area contributed by atoms with Gasteiger partial charge in [-0.3, -0.25) is 9.59 Å². The van der Waals surface area contributed by atoms with E-state index in [-0.39, 0.29) is 18.2 Å². The Bertz CT molecular complexity index is 798. The number of carbonyl (C=O) groups excluding carboxylic acids is 2. The lowest BCUT2D eigenvalue weighted by atomic mass is 9.96. The van der Waals surface area contributed by atoms with E-state index in [9.17, 15) is 9.59 Å². The SMILES string of the molecule is CC(C)(C)C(=O)Nc1nnc(CC(=O)NN=Cc2ccccc2Cl)s1. The summed E-state index contributed by atoms with van der Waals surface area (Å²) in [6, 6.07) is 7.15. The number of hydrogen-bond donors (Lipinski definition) is 2. The topological polar surface area (TPSA) is 96.3 Å². The molecule has 2 N–H and O–H groups in total. The Labute approximate surface area is 154 Å². The number of halogens is 1. The molecule has 0 bridgehead atoms. The van der Waals surface area contributed by atoms with E-state index in [1.54, 1.807) is 32.9 Å². The molecule has 0 saturated heterocycles. The summed E-state index contributed by atoms with van der Waals surface area (Å²) in [5, 5.41) is 15.7. The molecule has 0 saturated carbocycles. The van der Waals surface area contributed by atoms with Crippen LogP contribution in [0.4, 0.5) is 5.13 Å². The highest BCUT2D eigenvalue weighted by Gasteiger charge is 2.22. The highest BCUT2D eigenvalue weighted by molar-refractivity contribution is 7.15. The van der Waals surface area contributed by atoms with Crippen LogP contribution in [0.2, 0.25) is 5.02 Å². The van der Waals surface area contributed by atoms with Gasteiger partial charge in [-0.15, -0.1) is 10.2 Å². The molecule has 0 unspecified atom stereocenters. The first-order chi connectivity index (χ1) is 11.8. The van der Waals surface area contributed by atoms with E-state index in [0.29, 0.717) is 20.7 Å². The van der Waals surface area contributed by atoms with Gasteiger partial charge in [-0.1, -0.05) is 61.9 Å². The van der Waals surface area contributed by atoms with Gasteiger partial charge in [0.05, 0.1) is 12.6 Å². The molecule has 0 fully saturated rings. The van der Waals surface area contributed by atoms with Crippen molar-refractivity contribution < 1.29 is 9.59 Å². The van der Waals surface area contributed by atoms with Gasteiger partial charge in [-0.05, 0) is 6.07 Å². The Kier molecular flexibility index (Phi) is 6.22. The van der Waals surface area contributed by atoms with E-state index < -0.39 is 5.41 Å². The van der Waals surface area contributed by atoms with Gasteiger partial charge >= 0.3 is 0 Å². The lowest BCUT2D eigenvalue weighted by molar-refractivity contribution is -0.123. The minimum Gasteiger partial charge on any atom is -0.300 e. The molecule has 25 heavy (non-hydrogen) atoms. The molecule has 1 aromatic heterocycles. The molecule has 7 nitrogen and oxygen atoms in total. The fourth-order valence-corrected chi connectivity index (χ4v) is 2.51. The molecular weight excluding hydrogens is 362 g/mol. The normalized spacial score (nSPS) is 11.5. The third-order valence-electron chi connectivity index (χ3n) is 2.98. The van der Waals surface area contributed by atoms with Crippen LogP contribution in [0.15, 0.2) is 29.4 Å². The number of rotatable bonds is 5. The van der Waals surface area contributed by atoms with Crippen molar-refractivity contribution in [2.45, 2.75) is 27.2 Å². The van der Waals surface area contributed by atoms with Gasteiger partial charge in [0, 0.05) is 16.0 Å². The second-order valence-corrected chi connectivity index (χ2v) is 7.67. The maximum atomic E-state index is 11.9. The molecular formula is C16H18ClN5O2S. The summed E-state index contributed by atoms with van der Waals surface area (Å²) in [7, 11) is 0. The molecule has 1 heterocycles. The highest BCUT2D eigenvalue weighted by Crippen LogP contribution is 2.20. The van der Waals surface area contributed by atoms with Gasteiger partial charge in [-0.2, -0.15) is 5.10 Å². The predicted octanol–water partition coefficient (Wildman–Crippen LogP) is 2.87. The number of hydrogen-bond acceptors (Lipinski definition) is 6. The summed E-state index contributed by atoms with van der Waals surface area (Å²) in [4.78, 5) is 23.8. The first-order valence-electron chi connectivity index (χ1n) is 7.46. The second kappa shape index (κ2) is 8.17. The third kappa shape index (κ3) is 5.91. The van der Waals surface area contributed by atoms with Crippen molar-refractivity contribution in [2.24, 2.45) is 10.5 Å². The minimum atomic E-state index is -0.531. The van der Waals surface area contributed by atoms with Gasteiger partial charge in [0.1, 0.15) is 5.01 Å². The molecule has 0 aliphatic rings. The van der Waals surface area contributed by atoms with Crippen LogP contribution >= 0.6 is 22.9 Å².